The number of hydrogen-bond donors (Lipinski definition) is 1. The molecule has 2 amide bonds. The molecule has 3 rings (SSSR count). The molecule has 9 heteroatoms. The van der Waals surface area contributed by atoms with Gasteiger partial charge < -0.3 is 15.0 Å². The third kappa shape index (κ3) is 8.82. The Balaban J connectivity index is 2.01. The molecule has 0 heterocycles. The number of rotatable bonds is 13. The summed E-state index contributed by atoms with van der Waals surface area (Å²) in [5, 5.41) is 2.98. The summed E-state index contributed by atoms with van der Waals surface area (Å²) < 4.78 is 34.4. The maximum absolute atomic E-state index is 14.1. The van der Waals surface area contributed by atoms with E-state index in [1.807, 2.05) is 65.0 Å². The molecule has 0 saturated carbocycles. The molecule has 0 aliphatic heterocycles. The van der Waals surface area contributed by atoms with Crippen molar-refractivity contribution in [3.8, 4) is 5.75 Å². The summed E-state index contributed by atoms with van der Waals surface area (Å²) in [6.45, 7) is 9.61. The molecule has 0 radical (unpaired) electrons. The van der Waals surface area contributed by atoms with Crippen LogP contribution in [0.2, 0.25) is 0 Å². The van der Waals surface area contributed by atoms with Gasteiger partial charge in [-0.1, -0.05) is 55.5 Å². The smallest absolute Gasteiger partial charge is 0.264 e. The van der Waals surface area contributed by atoms with Crippen LogP contribution in [0.4, 0.5) is 5.69 Å². The van der Waals surface area contributed by atoms with Crippen LogP contribution in [0.15, 0.2) is 89.8 Å². The first-order chi connectivity index (χ1) is 19.5. The molecule has 0 aliphatic carbocycles. The quantitative estimate of drug-likeness (QED) is 0.306. The summed E-state index contributed by atoms with van der Waals surface area (Å²) in [4.78, 5) is 29.0. The highest BCUT2D eigenvalue weighted by Gasteiger charge is 2.34. The van der Waals surface area contributed by atoms with Crippen LogP contribution in [0, 0.1) is 0 Å². The minimum Gasteiger partial charge on any atom is -0.494 e. The largest absolute Gasteiger partial charge is 0.494 e. The van der Waals surface area contributed by atoms with E-state index in [0.717, 1.165) is 9.87 Å². The van der Waals surface area contributed by atoms with Crippen LogP contribution in [0.25, 0.3) is 0 Å². The Labute approximate surface area is 244 Å². The Kier molecular flexibility index (Phi) is 10.9. The van der Waals surface area contributed by atoms with Gasteiger partial charge in [0.05, 0.1) is 17.2 Å². The molecule has 3 aromatic rings. The normalized spacial score (nSPS) is 12.3. The number of carbonyl (C=O) groups is 2. The predicted molar refractivity (Wildman–Crippen MR) is 162 cm³/mol. The zero-order chi connectivity index (χ0) is 30.0. The van der Waals surface area contributed by atoms with E-state index < -0.39 is 34.1 Å². The van der Waals surface area contributed by atoms with Crippen molar-refractivity contribution in [1.29, 1.82) is 0 Å². The van der Waals surface area contributed by atoms with Crippen molar-refractivity contribution in [3.05, 3.63) is 90.5 Å². The van der Waals surface area contributed by atoms with E-state index in [9.17, 15) is 18.0 Å². The number of hydrogen-bond acceptors (Lipinski definition) is 5. The Morgan fingerprint density at radius 1 is 0.878 bits per heavy atom. The van der Waals surface area contributed by atoms with E-state index in [-0.39, 0.29) is 17.3 Å². The van der Waals surface area contributed by atoms with E-state index >= 15 is 0 Å². The highest BCUT2D eigenvalue weighted by molar-refractivity contribution is 7.92. The molecule has 1 N–H and O–H groups in total. The highest BCUT2D eigenvalue weighted by atomic mass is 32.2. The minimum absolute atomic E-state index is 0.0648. The van der Waals surface area contributed by atoms with Gasteiger partial charge >= 0.3 is 0 Å². The lowest BCUT2D eigenvalue weighted by Crippen LogP contribution is -2.56. The standard InChI is InChI=1S/C32H41N3O5S/c1-6-29(31(37)33-32(3,4)5)34(23-22-25-14-10-8-11-15-25)30(36)24-35(26-18-20-27(21-19-26)40-7-2)41(38,39)28-16-12-9-13-17-28/h8-21,29H,6-7,22-24H2,1-5H3,(H,33,37)/t29-/m1/s1. The Morgan fingerprint density at radius 3 is 2.00 bits per heavy atom. The molecule has 0 bridgehead atoms. The van der Waals surface area contributed by atoms with Crippen molar-refractivity contribution in [2.45, 2.75) is 63.9 Å². The molecule has 41 heavy (non-hydrogen) atoms. The topological polar surface area (TPSA) is 96.0 Å². The van der Waals surface area contributed by atoms with Crippen LogP contribution in [0.5, 0.6) is 5.75 Å². The Hall–Kier alpha value is -3.85. The van der Waals surface area contributed by atoms with E-state index in [0.29, 0.717) is 30.9 Å². The fraction of sp³-hybridized carbons (Fsp3) is 0.375. The maximum atomic E-state index is 14.1. The van der Waals surface area contributed by atoms with Crippen molar-refractivity contribution in [1.82, 2.24) is 10.2 Å². The van der Waals surface area contributed by atoms with E-state index in [4.69, 9.17) is 4.74 Å². The molecule has 0 unspecified atom stereocenters. The number of ether oxygens (including phenoxy) is 1. The molecule has 0 aromatic heterocycles. The molecule has 8 nitrogen and oxygen atoms in total. The summed E-state index contributed by atoms with van der Waals surface area (Å²) in [6.07, 6.45) is 0.886. The van der Waals surface area contributed by atoms with Crippen LogP contribution in [0.3, 0.4) is 0 Å². The van der Waals surface area contributed by atoms with E-state index in [1.165, 1.54) is 17.0 Å². The van der Waals surface area contributed by atoms with Crippen molar-refractivity contribution in [3.63, 3.8) is 0 Å². The number of amides is 2. The molecule has 0 saturated heterocycles. The summed E-state index contributed by atoms with van der Waals surface area (Å²) >= 11 is 0. The van der Waals surface area contributed by atoms with Crippen LogP contribution < -0.4 is 14.4 Å². The van der Waals surface area contributed by atoms with Gasteiger partial charge in [-0.2, -0.15) is 0 Å². The SMILES string of the molecule is CCOc1ccc(N(CC(=O)N(CCc2ccccc2)[C@H](CC)C(=O)NC(C)(C)C)S(=O)(=O)c2ccccc2)cc1. The Bertz CT molecular complexity index is 1370. The number of nitrogens with zero attached hydrogens (tertiary/aromatic N) is 2. The first-order valence-electron chi connectivity index (χ1n) is 13.9. The van der Waals surface area contributed by atoms with Gasteiger partial charge in [0.2, 0.25) is 11.8 Å². The lowest BCUT2D eigenvalue weighted by Gasteiger charge is -2.34. The first-order valence-corrected chi connectivity index (χ1v) is 15.4. The molecule has 220 valence electrons. The number of sulfonamides is 1. The molecule has 1 atom stereocenters. The molecule has 3 aromatic carbocycles. The first kappa shape index (κ1) is 31.7. The third-order valence-electron chi connectivity index (χ3n) is 6.41. The van der Waals surface area contributed by atoms with Gasteiger partial charge in [0.15, 0.2) is 0 Å². The van der Waals surface area contributed by atoms with Crippen molar-refractivity contribution in [2.24, 2.45) is 0 Å². The summed E-state index contributed by atoms with van der Waals surface area (Å²) in [7, 11) is -4.11. The van der Waals surface area contributed by atoms with Crippen molar-refractivity contribution < 1.29 is 22.7 Å². The summed E-state index contributed by atoms with van der Waals surface area (Å²) in [5.41, 5.74) is 0.835. The van der Waals surface area contributed by atoms with Crippen molar-refractivity contribution in [2.75, 3.05) is 24.0 Å². The van der Waals surface area contributed by atoms with E-state index in [1.54, 1.807) is 42.5 Å². The summed E-state index contributed by atoms with van der Waals surface area (Å²) in [6, 6.07) is 23.5. The fourth-order valence-electron chi connectivity index (χ4n) is 4.47. The van der Waals surface area contributed by atoms with Gasteiger partial charge in [0.1, 0.15) is 18.3 Å². The van der Waals surface area contributed by atoms with E-state index in [2.05, 4.69) is 5.32 Å². The minimum atomic E-state index is -4.11. The molecule has 0 aliphatic rings. The molecular formula is C32H41N3O5S. The Morgan fingerprint density at radius 2 is 1.46 bits per heavy atom. The number of carbonyl (C=O) groups excluding carboxylic acids is 2. The summed E-state index contributed by atoms with van der Waals surface area (Å²) in [5.74, 6) is -0.154. The lowest BCUT2D eigenvalue weighted by molar-refractivity contribution is -0.140. The number of nitrogens with one attached hydrogen (secondary N) is 1. The van der Waals surface area contributed by atoms with Crippen LogP contribution in [-0.4, -0.2) is 56.4 Å². The zero-order valence-corrected chi connectivity index (χ0v) is 25.4. The second kappa shape index (κ2) is 14.2. The predicted octanol–water partition coefficient (Wildman–Crippen LogP) is 5.05. The average molecular weight is 580 g/mol. The number of benzene rings is 3. The van der Waals surface area contributed by atoms with Gasteiger partial charge in [-0.25, -0.2) is 8.42 Å². The van der Waals surface area contributed by atoms with Gasteiger partial charge in [0.25, 0.3) is 10.0 Å². The monoisotopic (exact) mass is 579 g/mol. The van der Waals surface area contributed by atoms with Crippen LogP contribution in [-0.2, 0) is 26.0 Å². The van der Waals surface area contributed by atoms with Gasteiger partial charge in [-0.3, -0.25) is 13.9 Å². The molecular weight excluding hydrogens is 538 g/mol. The van der Waals surface area contributed by atoms with Gasteiger partial charge in [0, 0.05) is 12.1 Å². The second-order valence-electron chi connectivity index (χ2n) is 10.7. The lowest BCUT2D eigenvalue weighted by atomic mass is 10.1. The molecule has 0 spiro atoms. The van der Waals surface area contributed by atoms with Crippen LogP contribution >= 0.6 is 0 Å². The van der Waals surface area contributed by atoms with Crippen LogP contribution in [0.1, 0.15) is 46.6 Å². The average Bonchev–Trinajstić information content (AvgIpc) is 2.94. The van der Waals surface area contributed by atoms with Crippen molar-refractivity contribution >= 4 is 27.5 Å². The number of anilines is 1. The zero-order valence-electron chi connectivity index (χ0n) is 24.5. The fourth-order valence-corrected chi connectivity index (χ4v) is 5.91. The van der Waals surface area contributed by atoms with Gasteiger partial charge in [-0.05, 0) is 82.5 Å². The maximum Gasteiger partial charge on any atom is 0.264 e. The second-order valence-corrected chi connectivity index (χ2v) is 12.6. The third-order valence-corrected chi connectivity index (χ3v) is 8.20. The molecule has 0 fully saturated rings. The van der Waals surface area contributed by atoms with Gasteiger partial charge in [-0.15, -0.1) is 0 Å². The highest BCUT2D eigenvalue weighted by Crippen LogP contribution is 2.26.